The van der Waals surface area contributed by atoms with Crippen LogP contribution in [0.1, 0.15) is 19.4 Å². The molecule has 0 saturated heterocycles. The topological polar surface area (TPSA) is 17.3 Å². The molecular weight excluding hydrogens is 237 g/mol. The number of rotatable bonds is 0. The Labute approximate surface area is 104 Å². The van der Waals surface area contributed by atoms with Gasteiger partial charge in [-0.2, -0.15) is 6.07 Å². The van der Waals surface area contributed by atoms with E-state index in [0.29, 0.717) is 0 Å². The van der Waals surface area contributed by atoms with Gasteiger partial charge >= 0.3 is 0 Å². The Kier molecular flexibility index (Phi) is 6.18. The zero-order valence-electron chi connectivity index (χ0n) is 8.28. The summed E-state index contributed by atoms with van der Waals surface area (Å²) in [4.78, 5) is 4.12. The molecule has 0 bridgehead atoms. The number of hydrogen-bond donors (Lipinski definition) is 0. The average molecular weight is 250 g/mol. The molecule has 0 saturated carbocycles. The first-order chi connectivity index (χ1) is 5.86. The van der Waals surface area contributed by atoms with Crippen molar-refractivity contribution in [3.8, 4) is 0 Å². The van der Waals surface area contributed by atoms with E-state index in [2.05, 4.69) is 11.1 Å². The molecule has 67 valence electrons. The molecule has 2 heterocycles. The summed E-state index contributed by atoms with van der Waals surface area (Å²) < 4.78 is 1.94. The summed E-state index contributed by atoms with van der Waals surface area (Å²) in [5.74, 6) is 0. The number of pyridine rings is 1. The van der Waals surface area contributed by atoms with Gasteiger partial charge in [-0.1, -0.05) is 27.0 Å². The molecule has 2 nitrogen and oxygen atoms in total. The minimum absolute atomic E-state index is 0. The molecule has 0 aliphatic heterocycles. The van der Waals surface area contributed by atoms with Gasteiger partial charge in [0.1, 0.15) is 0 Å². The van der Waals surface area contributed by atoms with Crippen molar-refractivity contribution in [3.05, 3.63) is 36.3 Å². The number of aryl methyl sites for hydroxylation is 1. The van der Waals surface area contributed by atoms with Gasteiger partial charge in [0.2, 0.25) is 0 Å². The van der Waals surface area contributed by atoms with Crippen LogP contribution in [0.4, 0.5) is 0 Å². The van der Waals surface area contributed by atoms with Crippen LogP contribution in [-0.2, 0) is 32.7 Å². The van der Waals surface area contributed by atoms with E-state index in [4.69, 9.17) is 0 Å². The normalized spacial score (nSPS) is 8.54. The van der Waals surface area contributed by atoms with Gasteiger partial charge < -0.3 is 4.40 Å². The molecule has 2 aromatic heterocycles. The smallest absolute Gasteiger partial charge is 0.0522 e. The molecule has 13 heavy (non-hydrogen) atoms. The Balaban J connectivity index is 0.000000451. The van der Waals surface area contributed by atoms with E-state index in [1.54, 1.807) is 6.20 Å². The summed E-state index contributed by atoms with van der Waals surface area (Å²) in [6, 6.07) is 5.08. The zero-order valence-corrected chi connectivity index (χ0v) is 11.1. The third-order valence-electron chi connectivity index (χ3n) is 1.48. The van der Waals surface area contributed by atoms with E-state index >= 15 is 0 Å². The number of aromatic nitrogens is 2. The van der Waals surface area contributed by atoms with Crippen LogP contribution in [0.3, 0.4) is 0 Å². The molecule has 2 rings (SSSR count). The third kappa shape index (κ3) is 3.20. The standard InChI is InChI=1S/C8H7N2.C2H6.Y/c1-7-2-4-10-5-3-9-8(10)6-7;1-2;/h3-6H,1H3;1-2H3;/q-1;;. The van der Waals surface area contributed by atoms with Crippen molar-refractivity contribution in [1.29, 1.82) is 0 Å². The third-order valence-corrected chi connectivity index (χ3v) is 1.48. The van der Waals surface area contributed by atoms with Crippen LogP contribution in [0.5, 0.6) is 0 Å². The zero-order chi connectivity index (χ0) is 8.97. The van der Waals surface area contributed by atoms with Crippen LogP contribution in [0.15, 0.2) is 24.7 Å². The summed E-state index contributed by atoms with van der Waals surface area (Å²) in [5.41, 5.74) is 2.11. The first kappa shape index (κ1) is 12.8. The minimum atomic E-state index is 0. The van der Waals surface area contributed by atoms with Crippen molar-refractivity contribution in [2.75, 3.05) is 0 Å². The second-order valence-electron chi connectivity index (χ2n) is 2.29. The molecule has 0 aliphatic rings. The number of imidazole rings is 1. The molecule has 0 amide bonds. The molecule has 1 radical (unpaired) electrons. The van der Waals surface area contributed by atoms with Crippen molar-refractivity contribution < 1.29 is 32.7 Å². The first-order valence-electron chi connectivity index (χ1n) is 4.17. The number of fused-ring (bicyclic) bond motifs is 1. The fourth-order valence-electron chi connectivity index (χ4n) is 0.952. The quantitative estimate of drug-likeness (QED) is 0.656. The van der Waals surface area contributed by atoms with E-state index in [0.717, 1.165) is 11.2 Å². The molecule has 0 aromatic carbocycles. The van der Waals surface area contributed by atoms with Gasteiger partial charge in [0.15, 0.2) is 0 Å². The second-order valence-corrected chi connectivity index (χ2v) is 2.29. The molecule has 0 fully saturated rings. The van der Waals surface area contributed by atoms with Gasteiger partial charge in [0.25, 0.3) is 0 Å². The van der Waals surface area contributed by atoms with Gasteiger partial charge in [0, 0.05) is 45.1 Å². The monoisotopic (exact) mass is 250 g/mol. The Morgan fingerprint density at radius 1 is 1.38 bits per heavy atom. The second kappa shape index (κ2) is 6.28. The average Bonchev–Trinajstić information content (AvgIpc) is 2.54. The predicted octanol–water partition coefficient (Wildman–Crippen LogP) is 2.47. The van der Waals surface area contributed by atoms with Crippen molar-refractivity contribution in [3.63, 3.8) is 0 Å². The largest absolute Gasteiger partial charge is 0.341 e. The number of nitrogens with zero attached hydrogens (tertiary/aromatic N) is 2. The Morgan fingerprint density at radius 2 is 2.08 bits per heavy atom. The van der Waals surface area contributed by atoms with Crippen LogP contribution in [0.2, 0.25) is 0 Å². The van der Waals surface area contributed by atoms with Crippen LogP contribution >= 0.6 is 0 Å². The van der Waals surface area contributed by atoms with E-state index < -0.39 is 0 Å². The van der Waals surface area contributed by atoms with E-state index in [1.165, 1.54) is 0 Å². The maximum absolute atomic E-state index is 4.12. The Bertz CT molecular complexity index is 354. The Hall–Kier alpha value is -0.206. The molecule has 0 aliphatic carbocycles. The molecule has 0 atom stereocenters. The van der Waals surface area contributed by atoms with Crippen molar-refractivity contribution in [2.45, 2.75) is 20.8 Å². The van der Waals surface area contributed by atoms with Gasteiger partial charge in [0.05, 0.1) is 5.65 Å². The van der Waals surface area contributed by atoms with Crippen LogP contribution in [-0.4, -0.2) is 9.38 Å². The van der Waals surface area contributed by atoms with Gasteiger partial charge in [-0.3, -0.25) is 4.98 Å². The first-order valence-corrected chi connectivity index (χ1v) is 4.17. The summed E-state index contributed by atoms with van der Waals surface area (Å²) >= 11 is 0. The molecular formula is C10H13N2Y-. The Morgan fingerprint density at radius 3 is 2.77 bits per heavy atom. The molecule has 0 N–H and O–H groups in total. The van der Waals surface area contributed by atoms with Crippen molar-refractivity contribution in [2.24, 2.45) is 0 Å². The van der Waals surface area contributed by atoms with Crippen LogP contribution < -0.4 is 0 Å². The maximum atomic E-state index is 4.12. The van der Waals surface area contributed by atoms with E-state index in [1.807, 2.05) is 43.6 Å². The van der Waals surface area contributed by atoms with Crippen LogP contribution in [0, 0.1) is 13.0 Å². The maximum Gasteiger partial charge on any atom is 0.0522 e. The predicted molar refractivity (Wildman–Crippen MR) is 50.1 cm³/mol. The summed E-state index contributed by atoms with van der Waals surface area (Å²) in [6.45, 7) is 6.01. The molecule has 3 heteroatoms. The van der Waals surface area contributed by atoms with E-state index in [9.17, 15) is 0 Å². The molecule has 2 aromatic rings. The SMILES string of the molecule is CC.Cc1[c-]cn2ccnc2c1.[Y]. The van der Waals surface area contributed by atoms with Gasteiger partial charge in [-0.15, -0.1) is 0 Å². The summed E-state index contributed by atoms with van der Waals surface area (Å²) in [7, 11) is 0. The van der Waals surface area contributed by atoms with Crippen molar-refractivity contribution in [1.82, 2.24) is 9.38 Å². The summed E-state index contributed by atoms with van der Waals surface area (Å²) in [6.07, 6.45) is 5.57. The summed E-state index contributed by atoms with van der Waals surface area (Å²) in [5, 5.41) is 0. The van der Waals surface area contributed by atoms with Crippen molar-refractivity contribution >= 4 is 5.65 Å². The van der Waals surface area contributed by atoms with Crippen LogP contribution in [0.25, 0.3) is 5.65 Å². The molecule has 0 unspecified atom stereocenters. The van der Waals surface area contributed by atoms with Gasteiger partial charge in [-0.25, -0.2) is 11.6 Å². The fraction of sp³-hybridized carbons (Fsp3) is 0.300. The van der Waals surface area contributed by atoms with Gasteiger partial charge in [-0.05, 0) is 0 Å². The number of hydrogen-bond acceptors (Lipinski definition) is 1. The van der Waals surface area contributed by atoms with E-state index in [-0.39, 0.29) is 32.7 Å². The fourth-order valence-corrected chi connectivity index (χ4v) is 0.952. The minimum Gasteiger partial charge on any atom is -0.341 e. The molecule has 0 spiro atoms.